The zero-order valence-corrected chi connectivity index (χ0v) is 13.2. The molecule has 3 nitrogen and oxygen atoms in total. The summed E-state index contributed by atoms with van der Waals surface area (Å²) in [6.07, 6.45) is 2.33. The summed E-state index contributed by atoms with van der Waals surface area (Å²) in [6.45, 7) is 11.2. The van der Waals surface area contributed by atoms with E-state index in [4.69, 9.17) is 9.47 Å². The Bertz CT molecular complexity index is 445. The Morgan fingerprint density at radius 3 is 2.40 bits per heavy atom. The molecule has 0 aliphatic carbocycles. The van der Waals surface area contributed by atoms with Crippen LogP contribution in [0.1, 0.15) is 51.3 Å². The van der Waals surface area contributed by atoms with E-state index >= 15 is 0 Å². The van der Waals surface area contributed by atoms with Crippen LogP contribution in [0.4, 0.5) is 0 Å². The first-order valence-electron chi connectivity index (χ1n) is 7.96. The Hall–Kier alpha value is -1.22. The van der Waals surface area contributed by atoms with Gasteiger partial charge in [0.05, 0.1) is 19.8 Å². The quantitative estimate of drug-likeness (QED) is 0.868. The van der Waals surface area contributed by atoms with Gasteiger partial charge in [-0.1, -0.05) is 13.8 Å². The number of fused-ring (bicyclic) bond motifs is 1. The van der Waals surface area contributed by atoms with Gasteiger partial charge in [-0.05, 0) is 38.0 Å². The molecule has 1 heterocycles. The van der Waals surface area contributed by atoms with Crippen LogP contribution in [0.15, 0.2) is 12.1 Å². The third kappa shape index (κ3) is 3.09. The van der Waals surface area contributed by atoms with E-state index in [0.29, 0.717) is 25.2 Å². The van der Waals surface area contributed by atoms with Crippen LogP contribution in [0, 0.1) is 5.92 Å². The first-order chi connectivity index (χ1) is 9.71. The molecular formula is C17H28NO2+. The SMILES string of the molecule is CCOc1cc2c(cc1OCC)[C@H]([C@H](C)CC)[NH2+]CC2. The number of rotatable bonds is 6. The van der Waals surface area contributed by atoms with E-state index in [-0.39, 0.29) is 0 Å². The van der Waals surface area contributed by atoms with Crippen LogP contribution in [0.25, 0.3) is 0 Å². The zero-order chi connectivity index (χ0) is 14.5. The Morgan fingerprint density at radius 2 is 1.80 bits per heavy atom. The van der Waals surface area contributed by atoms with E-state index in [9.17, 15) is 0 Å². The largest absolute Gasteiger partial charge is 0.490 e. The summed E-state index contributed by atoms with van der Waals surface area (Å²) in [4.78, 5) is 0. The van der Waals surface area contributed by atoms with Gasteiger partial charge in [-0.3, -0.25) is 0 Å². The van der Waals surface area contributed by atoms with Crippen LogP contribution in [0.5, 0.6) is 11.5 Å². The molecule has 0 amide bonds. The van der Waals surface area contributed by atoms with E-state index in [1.54, 1.807) is 0 Å². The fourth-order valence-electron chi connectivity index (χ4n) is 3.02. The molecule has 20 heavy (non-hydrogen) atoms. The lowest BCUT2D eigenvalue weighted by Gasteiger charge is -2.29. The average Bonchev–Trinajstić information content (AvgIpc) is 2.47. The maximum Gasteiger partial charge on any atom is 0.161 e. The molecule has 0 saturated carbocycles. The first-order valence-corrected chi connectivity index (χ1v) is 7.96. The van der Waals surface area contributed by atoms with E-state index < -0.39 is 0 Å². The molecule has 2 atom stereocenters. The predicted molar refractivity (Wildman–Crippen MR) is 81.5 cm³/mol. The van der Waals surface area contributed by atoms with Gasteiger partial charge in [-0.25, -0.2) is 0 Å². The van der Waals surface area contributed by atoms with Crippen LogP contribution in [0.2, 0.25) is 0 Å². The maximum atomic E-state index is 5.78. The van der Waals surface area contributed by atoms with Gasteiger partial charge in [-0.15, -0.1) is 0 Å². The Kier molecular flexibility index (Phi) is 5.30. The molecule has 0 bridgehead atoms. The monoisotopic (exact) mass is 278 g/mol. The molecule has 0 radical (unpaired) electrons. The summed E-state index contributed by atoms with van der Waals surface area (Å²) >= 11 is 0. The fourth-order valence-corrected chi connectivity index (χ4v) is 3.02. The second-order valence-electron chi connectivity index (χ2n) is 5.55. The zero-order valence-electron chi connectivity index (χ0n) is 13.2. The highest BCUT2D eigenvalue weighted by molar-refractivity contribution is 5.49. The van der Waals surface area contributed by atoms with Crippen molar-refractivity contribution in [2.75, 3.05) is 19.8 Å². The molecule has 1 aliphatic rings. The minimum atomic E-state index is 0.554. The third-order valence-corrected chi connectivity index (χ3v) is 4.26. The van der Waals surface area contributed by atoms with E-state index in [1.165, 1.54) is 24.1 Å². The van der Waals surface area contributed by atoms with Gasteiger partial charge in [0.25, 0.3) is 0 Å². The normalized spacial score (nSPS) is 19.3. The van der Waals surface area contributed by atoms with Crippen molar-refractivity contribution in [2.24, 2.45) is 5.92 Å². The minimum Gasteiger partial charge on any atom is -0.490 e. The summed E-state index contributed by atoms with van der Waals surface area (Å²) in [7, 11) is 0. The molecule has 1 aliphatic heterocycles. The molecular weight excluding hydrogens is 250 g/mol. The van der Waals surface area contributed by atoms with Gasteiger partial charge in [0, 0.05) is 17.9 Å². The molecule has 1 aromatic rings. The van der Waals surface area contributed by atoms with Crippen molar-refractivity contribution in [2.45, 2.75) is 46.6 Å². The molecule has 1 aromatic carbocycles. The summed E-state index contributed by atoms with van der Waals surface area (Å²) in [5, 5.41) is 2.48. The molecule has 2 N–H and O–H groups in total. The molecule has 0 spiro atoms. The summed E-state index contributed by atoms with van der Waals surface area (Å²) in [6, 6.07) is 4.97. The smallest absolute Gasteiger partial charge is 0.161 e. The van der Waals surface area contributed by atoms with Crippen molar-refractivity contribution in [3.8, 4) is 11.5 Å². The van der Waals surface area contributed by atoms with Crippen LogP contribution in [-0.2, 0) is 6.42 Å². The van der Waals surface area contributed by atoms with E-state index in [0.717, 1.165) is 17.9 Å². The van der Waals surface area contributed by atoms with Gasteiger partial charge >= 0.3 is 0 Å². The van der Waals surface area contributed by atoms with E-state index in [1.807, 2.05) is 13.8 Å². The highest BCUT2D eigenvalue weighted by Crippen LogP contribution is 2.36. The van der Waals surface area contributed by atoms with Crippen LogP contribution < -0.4 is 14.8 Å². The summed E-state index contributed by atoms with van der Waals surface area (Å²) in [5.41, 5.74) is 2.88. The molecule has 2 rings (SSSR count). The van der Waals surface area contributed by atoms with Crippen LogP contribution in [0.3, 0.4) is 0 Å². The van der Waals surface area contributed by atoms with Gasteiger partial charge < -0.3 is 14.8 Å². The second kappa shape index (κ2) is 6.98. The van der Waals surface area contributed by atoms with Crippen molar-refractivity contribution in [3.63, 3.8) is 0 Å². The molecule has 0 fully saturated rings. The van der Waals surface area contributed by atoms with Crippen LogP contribution >= 0.6 is 0 Å². The molecule has 3 heteroatoms. The number of nitrogens with two attached hydrogens (primary N) is 1. The average molecular weight is 278 g/mol. The number of ether oxygens (including phenoxy) is 2. The lowest BCUT2D eigenvalue weighted by Crippen LogP contribution is -2.88. The Labute approximate surface area is 122 Å². The molecule has 0 unspecified atom stereocenters. The van der Waals surface area contributed by atoms with Crippen molar-refractivity contribution in [1.82, 2.24) is 0 Å². The second-order valence-corrected chi connectivity index (χ2v) is 5.55. The molecule has 112 valence electrons. The summed E-state index contributed by atoms with van der Waals surface area (Å²) in [5.74, 6) is 2.48. The van der Waals surface area contributed by atoms with Gasteiger partial charge in [0.2, 0.25) is 0 Å². The third-order valence-electron chi connectivity index (χ3n) is 4.26. The predicted octanol–water partition coefficient (Wildman–Crippen LogP) is 2.69. The van der Waals surface area contributed by atoms with Gasteiger partial charge in [-0.2, -0.15) is 0 Å². The number of benzene rings is 1. The van der Waals surface area contributed by atoms with Gasteiger partial charge in [0.1, 0.15) is 6.04 Å². The van der Waals surface area contributed by atoms with Crippen molar-refractivity contribution >= 4 is 0 Å². The highest BCUT2D eigenvalue weighted by atomic mass is 16.5. The van der Waals surface area contributed by atoms with Crippen molar-refractivity contribution in [3.05, 3.63) is 23.3 Å². The fraction of sp³-hybridized carbons (Fsp3) is 0.647. The van der Waals surface area contributed by atoms with E-state index in [2.05, 4.69) is 31.3 Å². The Balaban J connectivity index is 2.40. The number of hydrogen-bond donors (Lipinski definition) is 1. The molecule has 0 saturated heterocycles. The Morgan fingerprint density at radius 1 is 1.15 bits per heavy atom. The lowest BCUT2D eigenvalue weighted by molar-refractivity contribution is -0.705. The number of quaternary nitrogens is 1. The first kappa shape index (κ1) is 15.2. The van der Waals surface area contributed by atoms with Crippen molar-refractivity contribution in [1.29, 1.82) is 0 Å². The van der Waals surface area contributed by atoms with Crippen LogP contribution in [-0.4, -0.2) is 19.8 Å². The summed E-state index contributed by atoms with van der Waals surface area (Å²) < 4.78 is 11.5. The number of hydrogen-bond acceptors (Lipinski definition) is 2. The topological polar surface area (TPSA) is 35.1 Å². The van der Waals surface area contributed by atoms with Gasteiger partial charge in [0.15, 0.2) is 11.5 Å². The maximum absolute atomic E-state index is 5.78. The minimum absolute atomic E-state index is 0.554. The standard InChI is InChI=1S/C17H27NO2/c1-5-12(4)17-14-11-16(20-7-3)15(19-6-2)10-13(14)8-9-18-17/h10-12,17-18H,5-9H2,1-4H3/p+1/t12-,17+/m1/s1. The van der Waals surface area contributed by atoms with Crippen molar-refractivity contribution < 1.29 is 14.8 Å². The lowest BCUT2D eigenvalue weighted by atomic mass is 9.85. The highest BCUT2D eigenvalue weighted by Gasteiger charge is 2.29. The molecule has 0 aromatic heterocycles.